The number of aromatic nitrogens is 1. The lowest BCUT2D eigenvalue weighted by Gasteiger charge is -2.00. The highest BCUT2D eigenvalue weighted by atomic mass is 35.5. The van der Waals surface area contributed by atoms with E-state index < -0.39 is 5.97 Å². The molecule has 84 valence electrons. The maximum atomic E-state index is 11.2. The number of esters is 1. The van der Waals surface area contributed by atoms with Gasteiger partial charge in [0.15, 0.2) is 0 Å². The molecule has 0 saturated carbocycles. The molecule has 0 fully saturated rings. The van der Waals surface area contributed by atoms with Gasteiger partial charge in [0.1, 0.15) is 5.15 Å². The van der Waals surface area contributed by atoms with Crippen molar-refractivity contribution in [1.82, 2.24) is 10.3 Å². The molecule has 0 unspecified atom stereocenters. The molecule has 0 atom stereocenters. The van der Waals surface area contributed by atoms with Gasteiger partial charge in [0.25, 0.3) is 0 Å². The van der Waals surface area contributed by atoms with E-state index in [2.05, 4.69) is 26.9 Å². The highest BCUT2D eigenvalue weighted by Gasteiger charge is 2.08. The highest BCUT2D eigenvalue weighted by Crippen LogP contribution is 2.13. The first-order chi connectivity index (χ1) is 7.69. The van der Waals surface area contributed by atoms with Crippen LogP contribution in [0.1, 0.15) is 15.9 Å². The van der Waals surface area contributed by atoms with Crippen molar-refractivity contribution in [2.24, 2.45) is 0 Å². The minimum Gasteiger partial charge on any atom is -0.465 e. The van der Waals surface area contributed by atoms with Crippen molar-refractivity contribution in [3.63, 3.8) is 0 Å². The van der Waals surface area contributed by atoms with Crippen LogP contribution in [-0.4, -0.2) is 31.7 Å². The van der Waals surface area contributed by atoms with Crippen molar-refractivity contribution in [3.8, 4) is 11.8 Å². The van der Waals surface area contributed by atoms with Crippen molar-refractivity contribution in [2.75, 3.05) is 20.7 Å². The Balaban J connectivity index is 3.01. The van der Waals surface area contributed by atoms with Crippen molar-refractivity contribution < 1.29 is 9.53 Å². The Hall–Kier alpha value is -1.57. The Morgan fingerprint density at radius 1 is 1.69 bits per heavy atom. The number of halogens is 1. The first-order valence-corrected chi connectivity index (χ1v) is 4.94. The predicted molar refractivity (Wildman–Crippen MR) is 61.4 cm³/mol. The fourth-order valence-corrected chi connectivity index (χ4v) is 1.14. The topological polar surface area (TPSA) is 51.2 Å². The Morgan fingerprint density at radius 3 is 3.06 bits per heavy atom. The zero-order valence-corrected chi connectivity index (χ0v) is 9.76. The van der Waals surface area contributed by atoms with Crippen LogP contribution >= 0.6 is 11.6 Å². The number of hydrogen-bond acceptors (Lipinski definition) is 4. The summed E-state index contributed by atoms with van der Waals surface area (Å²) >= 11 is 5.84. The normalized spacial score (nSPS) is 9.19. The summed E-state index contributed by atoms with van der Waals surface area (Å²) in [5.41, 5.74) is 0.848. The molecule has 1 rings (SSSR count). The molecular formula is C11H11ClN2O2. The number of carbonyl (C=O) groups is 1. The van der Waals surface area contributed by atoms with E-state index in [0.717, 1.165) is 0 Å². The van der Waals surface area contributed by atoms with E-state index in [9.17, 15) is 4.79 Å². The molecule has 0 radical (unpaired) electrons. The fraction of sp³-hybridized carbons (Fsp3) is 0.273. The molecule has 0 bridgehead atoms. The molecule has 16 heavy (non-hydrogen) atoms. The molecule has 0 aromatic carbocycles. The molecule has 0 aliphatic carbocycles. The van der Waals surface area contributed by atoms with E-state index in [1.54, 1.807) is 13.1 Å². The number of carbonyl (C=O) groups excluding carboxylic acids is 1. The van der Waals surface area contributed by atoms with Gasteiger partial charge in [-0.1, -0.05) is 23.4 Å². The monoisotopic (exact) mass is 238 g/mol. The molecule has 4 nitrogen and oxygen atoms in total. The van der Waals surface area contributed by atoms with Gasteiger partial charge in [-0.05, 0) is 13.1 Å². The first kappa shape index (κ1) is 12.5. The third-order valence-corrected chi connectivity index (χ3v) is 2.05. The van der Waals surface area contributed by atoms with Gasteiger partial charge < -0.3 is 10.1 Å². The molecular weight excluding hydrogens is 228 g/mol. The predicted octanol–water partition coefficient (Wildman–Crippen LogP) is 1.09. The molecule has 1 aromatic rings. The summed E-state index contributed by atoms with van der Waals surface area (Å²) in [5, 5.41) is 3.15. The maximum absolute atomic E-state index is 11.2. The van der Waals surface area contributed by atoms with Crippen LogP contribution in [0.2, 0.25) is 5.15 Å². The lowest BCUT2D eigenvalue weighted by molar-refractivity contribution is 0.0600. The van der Waals surface area contributed by atoms with Gasteiger partial charge in [-0.15, -0.1) is 0 Å². The molecule has 5 heteroatoms. The molecule has 1 aromatic heterocycles. The third kappa shape index (κ3) is 3.23. The lowest BCUT2D eigenvalue weighted by atomic mass is 10.2. The zero-order valence-electron chi connectivity index (χ0n) is 9.00. The summed E-state index contributed by atoms with van der Waals surface area (Å²) in [6.07, 6.45) is 1.36. The molecule has 0 saturated heterocycles. The summed E-state index contributed by atoms with van der Waals surface area (Å²) in [7, 11) is 3.10. The van der Waals surface area contributed by atoms with Crippen molar-refractivity contribution in [1.29, 1.82) is 0 Å². The average molecular weight is 239 g/mol. The van der Waals surface area contributed by atoms with Crippen LogP contribution in [0.5, 0.6) is 0 Å². The zero-order chi connectivity index (χ0) is 12.0. The number of hydrogen-bond donors (Lipinski definition) is 1. The van der Waals surface area contributed by atoms with Crippen molar-refractivity contribution in [2.45, 2.75) is 0 Å². The van der Waals surface area contributed by atoms with Gasteiger partial charge in [0, 0.05) is 6.20 Å². The number of nitrogens with one attached hydrogen (secondary N) is 1. The minimum absolute atomic E-state index is 0.274. The highest BCUT2D eigenvalue weighted by molar-refractivity contribution is 6.30. The van der Waals surface area contributed by atoms with Crippen molar-refractivity contribution >= 4 is 17.6 Å². The SMILES string of the molecule is CNCC#Cc1cc(C(=O)OC)cnc1Cl. The number of methoxy groups -OCH3 is 1. The summed E-state index contributed by atoms with van der Waals surface area (Å²) < 4.78 is 4.57. The second-order valence-electron chi connectivity index (χ2n) is 2.89. The maximum Gasteiger partial charge on any atom is 0.339 e. The fourth-order valence-electron chi connectivity index (χ4n) is 0.993. The lowest BCUT2D eigenvalue weighted by Crippen LogP contribution is -2.05. The minimum atomic E-state index is -0.458. The Bertz CT molecular complexity index is 449. The summed E-state index contributed by atoms with van der Waals surface area (Å²) in [5.74, 6) is 5.20. The molecule has 1 heterocycles. The molecule has 0 spiro atoms. The van der Waals surface area contributed by atoms with Gasteiger partial charge in [-0.3, -0.25) is 0 Å². The quantitative estimate of drug-likeness (QED) is 0.476. The Kier molecular flexibility index (Phi) is 4.77. The summed E-state index contributed by atoms with van der Waals surface area (Å²) in [6, 6.07) is 1.56. The smallest absolute Gasteiger partial charge is 0.339 e. The first-order valence-electron chi connectivity index (χ1n) is 4.56. The van der Waals surface area contributed by atoms with Gasteiger partial charge in [-0.2, -0.15) is 0 Å². The van der Waals surface area contributed by atoms with E-state index in [4.69, 9.17) is 11.6 Å². The van der Waals surface area contributed by atoms with E-state index in [0.29, 0.717) is 17.7 Å². The third-order valence-electron chi connectivity index (χ3n) is 1.75. The Morgan fingerprint density at radius 2 is 2.44 bits per heavy atom. The van der Waals surface area contributed by atoms with E-state index in [-0.39, 0.29) is 5.15 Å². The van der Waals surface area contributed by atoms with E-state index in [1.807, 2.05) is 0 Å². The standard InChI is InChI=1S/C11H11ClN2O2/c1-13-5-3-4-8-6-9(11(15)16-2)7-14-10(8)12/h6-7,13H,5H2,1-2H3. The van der Waals surface area contributed by atoms with Crippen LogP contribution in [0.15, 0.2) is 12.3 Å². The second kappa shape index (κ2) is 6.11. The van der Waals surface area contributed by atoms with Crippen LogP contribution in [0.25, 0.3) is 0 Å². The number of nitrogens with zero attached hydrogens (tertiary/aromatic N) is 1. The molecule has 0 aliphatic heterocycles. The molecule has 0 aliphatic rings. The van der Waals surface area contributed by atoms with Crippen LogP contribution in [0.4, 0.5) is 0 Å². The van der Waals surface area contributed by atoms with Crippen LogP contribution in [0.3, 0.4) is 0 Å². The number of pyridine rings is 1. The Labute approximate surface area is 99.0 Å². The summed E-state index contributed by atoms with van der Waals surface area (Å²) in [4.78, 5) is 15.1. The van der Waals surface area contributed by atoms with Gasteiger partial charge in [-0.25, -0.2) is 9.78 Å². The van der Waals surface area contributed by atoms with E-state index >= 15 is 0 Å². The average Bonchev–Trinajstić information content (AvgIpc) is 2.31. The van der Waals surface area contributed by atoms with Gasteiger partial charge >= 0.3 is 5.97 Å². The van der Waals surface area contributed by atoms with Crippen molar-refractivity contribution in [3.05, 3.63) is 28.5 Å². The molecule has 0 amide bonds. The van der Waals surface area contributed by atoms with Gasteiger partial charge in [0.05, 0.1) is 24.8 Å². The van der Waals surface area contributed by atoms with Gasteiger partial charge in [0.2, 0.25) is 0 Å². The van der Waals surface area contributed by atoms with Crippen LogP contribution in [-0.2, 0) is 4.74 Å². The van der Waals surface area contributed by atoms with Crippen LogP contribution in [0, 0.1) is 11.8 Å². The largest absolute Gasteiger partial charge is 0.465 e. The van der Waals surface area contributed by atoms with Crippen LogP contribution < -0.4 is 5.32 Å². The number of ether oxygens (including phenoxy) is 1. The molecule has 1 N–H and O–H groups in total. The van der Waals surface area contributed by atoms with E-state index in [1.165, 1.54) is 13.3 Å². The second-order valence-corrected chi connectivity index (χ2v) is 3.24. The number of rotatable bonds is 2. The summed E-state index contributed by atoms with van der Waals surface area (Å²) in [6.45, 7) is 0.540.